The Balaban J connectivity index is 1.89. The number of ether oxygens (including phenoxy) is 1. The summed E-state index contributed by atoms with van der Waals surface area (Å²) >= 11 is 0. The van der Waals surface area contributed by atoms with Gasteiger partial charge in [0.2, 0.25) is 0 Å². The number of nitrogens with one attached hydrogen (secondary N) is 1. The molecule has 1 aromatic rings. The molecule has 1 amide bonds. The topological polar surface area (TPSA) is 38.3 Å². The van der Waals surface area contributed by atoms with Gasteiger partial charge < -0.3 is 10.1 Å². The Morgan fingerprint density at radius 3 is 2.67 bits per heavy atom. The zero-order valence-corrected chi connectivity index (χ0v) is 11.1. The molecule has 0 bridgehead atoms. The van der Waals surface area contributed by atoms with Gasteiger partial charge in [0.05, 0.1) is 0 Å². The van der Waals surface area contributed by atoms with Crippen LogP contribution < -0.4 is 10.1 Å². The van der Waals surface area contributed by atoms with E-state index in [1.165, 1.54) is 12.8 Å². The molecule has 98 valence electrons. The van der Waals surface area contributed by atoms with Gasteiger partial charge in [-0.2, -0.15) is 0 Å². The van der Waals surface area contributed by atoms with Crippen LogP contribution in [0.3, 0.4) is 0 Å². The highest BCUT2D eigenvalue weighted by atomic mass is 16.5. The largest absolute Gasteiger partial charge is 0.481 e. The van der Waals surface area contributed by atoms with E-state index in [1.807, 2.05) is 31.2 Å². The lowest BCUT2D eigenvalue weighted by Gasteiger charge is -2.18. The summed E-state index contributed by atoms with van der Waals surface area (Å²) in [6, 6.07) is 8.11. The average Bonchev–Trinajstić information content (AvgIpc) is 2.84. The maximum atomic E-state index is 12.0. The van der Waals surface area contributed by atoms with E-state index in [1.54, 1.807) is 6.92 Å². The summed E-state index contributed by atoms with van der Waals surface area (Å²) in [4.78, 5) is 12.0. The molecule has 1 fully saturated rings. The van der Waals surface area contributed by atoms with Crippen molar-refractivity contribution in [3.63, 3.8) is 0 Å². The molecule has 18 heavy (non-hydrogen) atoms. The number of para-hydroxylation sites is 1. The molecule has 1 aliphatic rings. The van der Waals surface area contributed by atoms with Crippen LogP contribution in [-0.4, -0.2) is 18.1 Å². The van der Waals surface area contributed by atoms with Crippen molar-refractivity contribution in [2.45, 2.75) is 51.7 Å². The highest BCUT2D eigenvalue weighted by Gasteiger charge is 2.21. The van der Waals surface area contributed by atoms with Crippen LogP contribution in [0.4, 0.5) is 0 Å². The third-order valence-electron chi connectivity index (χ3n) is 3.47. The van der Waals surface area contributed by atoms with Crippen molar-refractivity contribution in [3.8, 4) is 5.75 Å². The summed E-state index contributed by atoms with van der Waals surface area (Å²) in [5.74, 6) is 0.775. The van der Waals surface area contributed by atoms with Crippen LogP contribution in [0.5, 0.6) is 5.75 Å². The van der Waals surface area contributed by atoms with E-state index < -0.39 is 6.10 Å². The number of benzene rings is 1. The summed E-state index contributed by atoms with van der Waals surface area (Å²) in [5, 5.41) is 3.05. The Labute approximate surface area is 109 Å². The third kappa shape index (κ3) is 3.25. The summed E-state index contributed by atoms with van der Waals surface area (Å²) in [6.07, 6.45) is 4.20. The van der Waals surface area contributed by atoms with Gasteiger partial charge in [-0.1, -0.05) is 31.0 Å². The Morgan fingerprint density at radius 2 is 2.00 bits per heavy atom. The van der Waals surface area contributed by atoms with Gasteiger partial charge >= 0.3 is 0 Å². The van der Waals surface area contributed by atoms with Gasteiger partial charge in [0.1, 0.15) is 5.75 Å². The first-order valence-corrected chi connectivity index (χ1v) is 6.69. The van der Waals surface area contributed by atoms with Gasteiger partial charge in [-0.15, -0.1) is 0 Å². The fourth-order valence-electron chi connectivity index (χ4n) is 2.32. The zero-order valence-electron chi connectivity index (χ0n) is 11.1. The third-order valence-corrected chi connectivity index (χ3v) is 3.47. The molecule has 0 saturated heterocycles. The fraction of sp³-hybridized carbons (Fsp3) is 0.533. The fourth-order valence-corrected chi connectivity index (χ4v) is 2.32. The Bertz CT molecular complexity index is 411. The Morgan fingerprint density at radius 1 is 1.33 bits per heavy atom. The van der Waals surface area contributed by atoms with E-state index in [-0.39, 0.29) is 5.91 Å². The molecule has 2 rings (SSSR count). The van der Waals surface area contributed by atoms with E-state index in [2.05, 4.69) is 5.32 Å². The van der Waals surface area contributed by atoms with E-state index >= 15 is 0 Å². The van der Waals surface area contributed by atoms with Crippen molar-refractivity contribution in [2.75, 3.05) is 0 Å². The molecular weight excluding hydrogens is 226 g/mol. The van der Waals surface area contributed by atoms with Gasteiger partial charge in [0, 0.05) is 6.04 Å². The van der Waals surface area contributed by atoms with Crippen molar-refractivity contribution >= 4 is 5.91 Å². The van der Waals surface area contributed by atoms with E-state index in [0.29, 0.717) is 6.04 Å². The van der Waals surface area contributed by atoms with Crippen molar-refractivity contribution < 1.29 is 9.53 Å². The lowest BCUT2D eigenvalue weighted by molar-refractivity contribution is -0.127. The number of carbonyl (C=O) groups is 1. The maximum Gasteiger partial charge on any atom is 0.260 e. The monoisotopic (exact) mass is 247 g/mol. The normalized spacial score (nSPS) is 17.4. The summed E-state index contributed by atoms with van der Waals surface area (Å²) in [7, 11) is 0. The molecule has 1 N–H and O–H groups in total. The molecule has 3 nitrogen and oxygen atoms in total. The zero-order chi connectivity index (χ0) is 13.0. The minimum Gasteiger partial charge on any atom is -0.481 e. The van der Waals surface area contributed by atoms with E-state index in [0.717, 1.165) is 24.2 Å². The van der Waals surface area contributed by atoms with Gasteiger partial charge in [-0.3, -0.25) is 4.79 Å². The molecular formula is C15H21NO2. The van der Waals surface area contributed by atoms with E-state index in [4.69, 9.17) is 4.74 Å². The second kappa shape index (κ2) is 5.89. The molecule has 0 heterocycles. The minimum atomic E-state index is -0.438. The molecule has 1 aliphatic carbocycles. The number of hydrogen-bond donors (Lipinski definition) is 1. The molecule has 0 aliphatic heterocycles. The number of carbonyl (C=O) groups excluding carboxylic acids is 1. The molecule has 1 saturated carbocycles. The van der Waals surface area contributed by atoms with Gasteiger partial charge in [0.25, 0.3) is 5.91 Å². The van der Waals surface area contributed by atoms with E-state index in [9.17, 15) is 4.79 Å². The highest BCUT2D eigenvalue weighted by molar-refractivity contribution is 5.81. The first-order valence-electron chi connectivity index (χ1n) is 6.69. The quantitative estimate of drug-likeness (QED) is 0.888. The maximum absolute atomic E-state index is 12.0. The molecule has 1 atom stereocenters. The Hall–Kier alpha value is -1.51. The smallest absolute Gasteiger partial charge is 0.260 e. The van der Waals surface area contributed by atoms with Crippen molar-refractivity contribution in [2.24, 2.45) is 0 Å². The number of amides is 1. The van der Waals surface area contributed by atoms with Crippen LogP contribution in [0.15, 0.2) is 24.3 Å². The minimum absolute atomic E-state index is 0.00912. The molecule has 0 radical (unpaired) electrons. The van der Waals surface area contributed by atoms with Crippen molar-refractivity contribution in [1.82, 2.24) is 5.32 Å². The predicted molar refractivity (Wildman–Crippen MR) is 71.7 cm³/mol. The Kier molecular flexibility index (Phi) is 4.24. The summed E-state index contributed by atoms with van der Waals surface area (Å²) < 4.78 is 5.71. The predicted octanol–water partition coefficient (Wildman–Crippen LogP) is 2.82. The average molecular weight is 247 g/mol. The van der Waals surface area contributed by atoms with Crippen LogP contribution in [0.2, 0.25) is 0 Å². The molecule has 0 aromatic heterocycles. The second-order valence-corrected chi connectivity index (χ2v) is 5.02. The SMILES string of the molecule is Cc1ccccc1O[C@@H](C)C(=O)NC1CCCC1. The molecule has 3 heteroatoms. The number of hydrogen-bond acceptors (Lipinski definition) is 2. The van der Waals surface area contributed by atoms with Crippen molar-refractivity contribution in [3.05, 3.63) is 29.8 Å². The van der Waals surface area contributed by atoms with Crippen molar-refractivity contribution in [1.29, 1.82) is 0 Å². The molecule has 0 spiro atoms. The first kappa shape index (κ1) is 12.9. The number of aryl methyl sites for hydroxylation is 1. The summed E-state index contributed by atoms with van der Waals surface area (Å²) in [5.41, 5.74) is 1.05. The van der Waals surface area contributed by atoms with Crippen LogP contribution >= 0.6 is 0 Å². The van der Waals surface area contributed by atoms with Gasteiger partial charge in [0.15, 0.2) is 6.10 Å². The van der Waals surface area contributed by atoms with Crippen LogP contribution in [0, 0.1) is 6.92 Å². The van der Waals surface area contributed by atoms with Crippen LogP contribution in [0.1, 0.15) is 38.2 Å². The number of rotatable bonds is 4. The lowest BCUT2D eigenvalue weighted by atomic mass is 10.2. The van der Waals surface area contributed by atoms with Gasteiger partial charge in [-0.05, 0) is 38.3 Å². The van der Waals surface area contributed by atoms with Gasteiger partial charge in [-0.25, -0.2) is 0 Å². The van der Waals surface area contributed by atoms with Crippen LogP contribution in [-0.2, 0) is 4.79 Å². The summed E-state index contributed by atoms with van der Waals surface area (Å²) in [6.45, 7) is 3.79. The highest BCUT2D eigenvalue weighted by Crippen LogP contribution is 2.19. The first-order chi connectivity index (χ1) is 8.66. The molecule has 0 unspecified atom stereocenters. The standard InChI is InChI=1S/C15H21NO2/c1-11-7-3-6-10-14(11)18-12(2)15(17)16-13-8-4-5-9-13/h3,6-7,10,12-13H,4-5,8-9H2,1-2H3,(H,16,17)/t12-/m0/s1. The van der Waals surface area contributed by atoms with Crippen LogP contribution in [0.25, 0.3) is 0 Å². The molecule has 1 aromatic carbocycles. The second-order valence-electron chi connectivity index (χ2n) is 5.02. The lowest BCUT2D eigenvalue weighted by Crippen LogP contribution is -2.41.